The van der Waals surface area contributed by atoms with Crippen molar-refractivity contribution in [3.8, 4) is 0 Å². The van der Waals surface area contributed by atoms with E-state index in [1.165, 1.54) is 0 Å². The highest BCUT2D eigenvalue weighted by molar-refractivity contribution is 5.94. The van der Waals surface area contributed by atoms with Crippen LogP contribution in [-0.2, 0) is 4.79 Å². The number of nitrogens with one attached hydrogen (secondary N) is 1. The molecule has 110 valence electrons. The summed E-state index contributed by atoms with van der Waals surface area (Å²) >= 11 is 0. The van der Waals surface area contributed by atoms with Gasteiger partial charge in [0, 0.05) is 25.1 Å². The molecule has 0 aliphatic carbocycles. The predicted molar refractivity (Wildman–Crippen MR) is 84.6 cm³/mol. The third-order valence-electron chi connectivity index (χ3n) is 3.37. The first kappa shape index (κ1) is 15.0. The van der Waals surface area contributed by atoms with Crippen LogP contribution in [0.4, 0.5) is 11.6 Å². The number of anilines is 2. The monoisotopic (exact) mass is 284 g/mol. The minimum atomic E-state index is -0.0876. The molecule has 5 heteroatoms. The number of rotatable bonds is 4. The molecule has 0 atom stereocenters. The van der Waals surface area contributed by atoms with Crippen LogP contribution in [0, 0.1) is 20.8 Å². The first-order chi connectivity index (χ1) is 9.97. The second-order valence-corrected chi connectivity index (χ2v) is 5.21. The molecule has 1 heterocycles. The van der Waals surface area contributed by atoms with Crippen molar-refractivity contribution in [1.29, 1.82) is 0 Å². The molecule has 2 aromatic rings. The van der Waals surface area contributed by atoms with Gasteiger partial charge < -0.3 is 10.2 Å². The first-order valence-electron chi connectivity index (χ1n) is 6.83. The van der Waals surface area contributed by atoms with Crippen molar-refractivity contribution in [3.63, 3.8) is 0 Å². The average Bonchev–Trinajstić information content (AvgIpc) is 2.44. The van der Waals surface area contributed by atoms with E-state index in [4.69, 9.17) is 0 Å². The smallest absolute Gasteiger partial charge is 0.244 e. The summed E-state index contributed by atoms with van der Waals surface area (Å²) in [4.78, 5) is 22.2. The van der Waals surface area contributed by atoms with E-state index in [9.17, 15) is 4.79 Å². The Morgan fingerprint density at radius 2 is 1.86 bits per heavy atom. The molecule has 0 saturated carbocycles. The minimum Gasteiger partial charge on any atom is -0.335 e. The van der Waals surface area contributed by atoms with E-state index in [0.717, 1.165) is 22.4 Å². The number of aryl methyl sites for hydroxylation is 2. The zero-order valence-corrected chi connectivity index (χ0v) is 12.8. The average molecular weight is 284 g/mol. The van der Waals surface area contributed by atoms with Gasteiger partial charge in [0.05, 0.1) is 6.54 Å². The van der Waals surface area contributed by atoms with Gasteiger partial charge in [0.25, 0.3) is 0 Å². The summed E-state index contributed by atoms with van der Waals surface area (Å²) in [7, 11) is 1.80. The molecule has 0 saturated heterocycles. The fourth-order valence-electron chi connectivity index (χ4n) is 1.95. The molecular weight excluding hydrogens is 264 g/mol. The van der Waals surface area contributed by atoms with Gasteiger partial charge in [0.1, 0.15) is 0 Å². The van der Waals surface area contributed by atoms with Gasteiger partial charge in [-0.1, -0.05) is 12.1 Å². The summed E-state index contributed by atoms with van der Waals surface area (Å²) in [5, 5.41) is 2.93. The largest absolute Gasteiger partial charge is 0.335 e. The maximum absolute atomic E-state index is 12.1. The fourth-order valence-corrected chi connectivity index (χ4v) is 1.95. The van der Waals surface area contributed by atoms with Crippen LogP contribution in [0.3, 0.4) is 0 Å². The molecule has 1 N–H and O–H groups in total. The van der Waals surface area contributed by atoms with Crippen molar-refractivity contribution in [2.45, 2.75) is 20.8 Å². The third kappa shape index (κ3) is 3.78. The molecule has 0 spiro atoms. The molecule has 5 nitrogen and oxygen atoms in total. The normalized spacial score (nSPS) is 10.3. The Hall–Kier alpha value is -2.43. The standard InChI is InChI=1S/C16H20N4O/c1-11-8-17-16(18-9-11)20(4)10-15(21)19-14-7-5-6-12(2)13(14)3/h5-9H,10H2,1-4H3,(H,19,21). The van der Waals surface area contributed by atoms with E-state index in [-0.39, 0.29) is 12.5 Å². The quantitative estimate of drug-likeness (QED) is 0.937. The summed E-state index contributed by atoms with van der Waals surface area (Å²) in [5.74, 6) is 0.451. The van der Waals surface area contributed by atoms with Crippen LogP contribution in [-0.4, -0.2) is 29.5 Å². The zero-order valence-electron chi connectivity index (χ0n) is 12.8. The fraction of sp³-hybridized carbons (Fsp3) is 0.312. The van der Waals surface area contributed by atoms with Crippen LogP contribution in [0.5, 0.6) is 0 Å². The van der Waals surface area contributed by atoms with Gasteiger partial charge in [-0.05, 0) is 43.5 Å². The summed E-state index contributed by atoms with van der Waals surface area (Å²) in [6.45, 7) is 6.16. The molecular formula is C16H20N4O. The molecule has 0 unspecified atom stereocenters. The number of carbonyl (C=O) groups excluding carboxylic acids is 1. The SMILES string of the molecule is Cc1cnc(N(C)CC(=O)Nc2cccc(C)c2C)nc1. The highest BCUT2D eigenvalue weighted by Gasteiger charge is 2.11. The molecule has 0 aliphatic rings. The number of aromatic nitrogens is 2. The van der Waals surface area contributed by atoms with Crippen LogP contribution in [0.15, 0.2) is 30.6 Å². The molecule has 0 radical (unpaired) electrons. The molecule has 1 aromatic heterocycles. The van der Waals surface area contributed by atoms with E-state index < -0.39 is 0 Å². The third-order valence-corrected chi connectivity index (χ3v) is 3.37. The lowest BCUT2D eigenvalue weighted by Gasteiger charge is -2.17. The van der Waals surface area contributed by atoms with Crippen molar-refractivity contribution >= 4 is 17.5 Å². The topological polar surface area (TPSA) is 58.1 Å². The molecule has 0 fully saturated rings. The Bertz CT molecular complexity index is 637. The van der Waals surface area contributed by atoms with Crippen LogP contribution < -0.4 is 10.2 Å². The molecule has 1 amide bonds. The van der Waals surface area contributed by atoms with Crippen LogP contribution in [0.25, 0.3) is 0 Å². The number of likely N-dealkylation sites (N-methyl/N-ethyl adjacent to an activating group) is 1. The summed E-state index contributed by atoms with van der Waals surface area (Å²) in [6, 6.07) is 5.87. The molecule has 0 bridgehead atoms. The predicted octanol–water partition coefficient (Wildman–Crippen LogP) is 2.48. The van der Waals surface area contributed by atoms with Crippen LogP contribution in [0.1, 0.15) is 16.7 Å². The van der Waals surface area contributed by atoms with Crippen LogP contribution >= 0.6 is 0 Å². The number of hydrogen-bond acceptors (Lipinski definition) is 4. The lowest BCUT2D eigenvalue weighted by molar-refractivity contribution is -0.114. The number of benzene rings is 1. The van der Waals surface area contributed by atoms with Gasteiger partial charge in [-0.15, -0.1) is 0 Å². The maximum Gasteiger partial charge on any atom is 0.244 e. The Balaban J connectivity index is 2.01. The first-order valence-corrected chi connectivity index (χ1v) is 6.83. The maximum atomic E-state index is 12.1. The van der Waals surface area contributed by atoms with Crippen molar-refractivity contribution in [2.24, 2.45) is 0 Å². The number of carbonyl (C=O) groups is 1. The lowest BCUT2D eigenvalue weighted by Crippen LogP contribution is -2.31. The van der Waals surface area contributed by atoms with Gasteiger partial charge >= 0.3 is 0 Å². The lowest BCUT2D eigenvalue weighted by atomic mass is 10.1. The highest BCUT2D eigenvalue weighted by atomic mass is 16.2. The van der Waals surface area contributed by atoms with Crippen molar-refractivity contribution in [1.82, 2.24) is 9.97 Å². The highest BCUT2D eigenvalue weighted by Crippen LogP contribution is 2.17. The Morgan fingerprint density at radius 1 is 1.19 bits per heavy atom. The van der Waals surface area contributed by atoms with Gasteiger partial charge in [-0.2, -0.15) is 0 Å². The van der Waals surface area contributed by atoms with E-state index >= 15 is 0 Å². The van der Waals surface area contributed by atoms with Crippen molar-refractivity contribution < 1.29 is 4.79 Å². The second kappa shape index (κ2) is 6.35. The van der Waals surface area contributed by atoms with E-state index in [2.05, 4.69) is 15.3 Å². The second-order valence-electron chi connectivity index (χ2n) is 5.21. The van der Waals surface area contributed by atoms with Gasteiger partial charge in [0.2, 0.25) is 11.9 Å². The zero-order chi connectivity index (χ0) is 15.4. The molecule has 2 rings (SSSR count). The molecule has 1 aromatic carbocycles. The van der Waals surface area contributed by atoms with Crippen molar-refractivity contribution in [2.75, 3.05) is 23.8 Å². The Labute approximate surface area is 125 Å². The van der Waals surface area contributed by atoms with E-state index in [0.29, 0.717) is 5.95 Å². The number of hydrogen-bond donors (Lipinski definition) is 1. The Kier molecular flexibility index (Phi) is 4.52. The number of nitrogens with zero attached hydrogens (tertiary/aromatic N) is 3. The van der Waals surface area contributed by atoms with E-state index in [1.54, 1.807) is 24.3 Å². The molecule has 21 heavy (non-hydrogen) atoms. The van der Waals surface area contributed by atoms with Crippen LogP contribution in [0.2, 0.25) is 0 Å². The van der Waals surface area contributed by atoms with Crippen molar-refractivity contribution in [3.05, 3.63) is 47.3 Å². The van der Waals surface area contributed by atoms with Gasteiger partial charge in [-0.3, -0.25) is 4.79 Å². The van der Waals surface area contributed by atoms with E-state index in [1.807, 2.05) is 39.0 Å². The van der Waals surface area contributed by atoms with Gasteiger partial charge in [-0.25, -0.2) is 9.97 Å². The Morgan fingerprint density at radius 3 is 2.52 bits per heavy atom. The summed E-state index contributed by atoms with van der Waals surface area (Å²) in [5.41, 5.74) is 4.08. The number of amides is 1. The minimum absolute atomic E-state index is 0.0876. The summed E-state index contributed by atoms with van der Waals surface area (Å²) in [6.07, 6.45) is 3.48. The van der Waals surface area contributed by atoms with Gasteiger partial charge in [0.15, 0.2) is 0 Å². The summed E-state index contributed by atoms with van der Waals surface area (Å²) < 4.78 is 0. The molecule has 0 aliphatic heterocycles.